The van der Waals surface area contributed by atoms with E-state index in [0.29, 0.717) is 5.92 Å². The predicted octanol–water partition coefficient (Wildman–Crippen LogP) is 5.31. The van der Waals surface area contributed by atoms with Crippen LogP contribution in [0.25, 0.3) is 0 Å². The Labute approximate surface area is 168 Å². The van der Waals surface area contributed by atoms with E-state index >= 15 is 0 Å². The fraction of sp³-hybridized carbons (Fsp3) is 0.348. The van der Waals surface area contributed by atoms with Gasteiger partial charge in [0.25, 0.3) is 8.32 Å². The summed E-state index contributed by atoms with van der Waals surface area (Å²) >= 11 is 3.64. The van der Waals surface area contributed by atoms with Gasteiger partial charge < -0.3 is 4.43 Å². The summed E-state index contributed by atoms with van der Waals surface area (Å²) in [6.07, 6.45) is 2.92. The summed E-state index contributed by atoms with van der Waals surface area (Å²) in [6.45, 7) is 11.3. The first-order chi connectivity index (χ1) is 12.5. The highest BCUT2D eigenvalue weighted by molar-refractivity contribution is 9.09. The predicted molar refractivity (Wildman–Crippen MR) is 119 cm³/mol. The first kappa shape index (κ1) is 20.9. The normalized spacial score (nSPS) is 13.1. The molecule has 26 heavy (non-hydrogen) atoms. The highest BCUT2D eigenvalue weighted by Crippen LogP contribution is 2.37. The number of alkyl halides is 1. The smallest absolute Gasteiger partial charge is 0.261 e. The van der Waals surface area contributed by atoms with E-state index < -0.39 is 8.32 Å². The second-order valence-corrected chi connectivity index (χ2v) is 12.6. The van der Waals surface area contributed by atoms with Crippen molar-refractivity contribution >= 4 is 34.6 Å². The van der Waals surface area contributed by atoms with Crippen LogP contribution in [0.5, 0.6) is 0 Å². The molecule has 2 rings (SSSR count). The average molecular weight is 429 g/mol. The van der Waals surface area contributed by atoms with E-state index in [1.54, 1.807) is 0 Å². The minimum absolute atomic E-state index is 0.0147. The lowest BCUT2D eigenvalue weighted by molar-refractivity contribution is 0.249. The van der Waals surface area contributed by atoms with E-state index in [9.17, 15) is 0 Å². The molecule has 0 aromatic heterocycles. The lowest BCUT2D eigenvalue weighted by Crippen LogP contribution is -2.66. The van der Waals surface area contributed by atoms with E-state index in [1.165, 1.54) is 10.4 Å². The van der Waals surface area contributed by atoms with Gasteiger partial charge in [-0.05, 0) is 33.8 Å². The Balaban J connectivity index is 2.51. The van der Waals surface area contributed by atoms with Crippen LogP contribution in [-0.2, 0) is 4.43 Å². The standard InChI is InChI=1S/C23H29BrOSi/c1-5-6-13-20(18-24)19-25-26(23(2,3)4,21-14-9-7-10-15-21)22-16-11-8-12-17-22/h6-12,14-17,20H,1,13,18-19H2,2-4H3. The van der Waals surface area contributed by atoms with Crippen molar-refractivity contribution in [3.63, 3.8) is 0 Å². The summed E-state index contributed by atoms with van der Waals surface area (Å²) in [5.41, 5.74) is 2.88. The zero-order valence-corrected chi connectivity index (χ0v) is 18.6. The largest absolute Gasteiger partial charge is 0.407 e. The summed E-state index contributed by atoms with van der Waals surface area (Å²) in [4.78, 5) is 0. The van der Waals surface area contributed by atoms with Crippen LogP contribution in [0.3, 0.4) is 0 Å². The highest BCUT2D eigenvalue weighted by Gasteiger charge is 2.50. The molecule has 0 amide bonds. The number of hydrogen-bond donors (Lipinski definition) is 0. The molecule has 0 aliphatic rings. The first-order valence-electron chi connectivity index (χ1n) is 9.11. The molecule has 138 valence electrons. The molecule has 0 fully saturated rings. The maximum absolute atomic E-state index is 6.96. The van der Waals surface area contributed by atoms with Crippen LogP contribution in [0.1, 0.15) is 27.2 Å². The van der Waals surface area contributed by atoms with Crippen LogP contribution in [-0.4, -0.2) is 20.3 Å². The molecular formula is C23H29BrOSi. The van der Waals surface area contributed by atoms with E-state index in [1.807, 2.05) is 6.08 Å². The maximum Gasteiger partial charge on any atom is 0.261 e. The van der Waals surface area contributed by atoms with Crippen molar-refractivity contribution in [3.05, 3.63) is 79.0 Å². The number of allylic oxidation sites excluding steroid dienone is 1. The van der Waals surface area contributed by atoms with Crippen LogP contribution >= 0.6 is 15.9 Å². The van der Waals surface area contributed by atoms with Gasteiger partial charge in [-0.3, -0.25) is 0 Å². The second kappa shape index (κ2) is 9.52. The molecule has 1 atom stereocenters. The minimum atomic E-state index is -2.44. The van der Waals surface area contributed by atoms with Crippen LogP contribution in [0, 0.1) is 5.92 Å². The van der Waals surface area contributed by atoms with Gasteiger partial charge in [-0.15, -0.1) is 5.73 Å². The molecule has 0 heterocycles. The number of hydrogen-bond acceptors (Lipinski definition) is 1. The molecule has 3 heteroatoms. The Morgan fingerprint density at radius 3 is 1.92 bits per heavy atom. The molecule has 1 nitrogen and oxygen atoms in total. The van der Waals surface area contributed by atoms with Crippen molar-refractivity contribution in [3.8, 4) is 0 Å². The van der Waals surface area contributed by atoms with Gasteiger partial charge in [-0.2, -0.15) is 0 Å². The van der Waals surface area contributed by atoms with Gasteiger partial charge in [0.1, 0.15) is 0 Å². The fourth-order valence-electron chi connectivity index (χ4n) is 3.43. The molecule has 2 aromatic carbocycles. The van der Waals surface area contributed by atoms with Gasteiger partial charge in [0.15, 0.2) is 0 Å². The van der Waals surface area contributed by atoms with Gasteiger partial charge in [-0.1, -0.05) is 104 Å². The minimum Gasteiger partial charge on any atom is -0.407 e. The summed E-state index contributed by atoms with van der Waals surface area (Å²) in [7, 11) is -2.44. The number of rotatable bonds is 8. The van der Waals surface area contributed by atoms with Gasteiger partial charge in [0.05, 0.1) is 0 Å². The van der Waals surface area contributed by atoms with Crippen molar-refractivity contribution in [1.29, 1.82) is 0 Å². The summed E-state index contributed by atoms with van der Waals surface area (Å²) in [6, 6.07) is 21.6. The third-order valence-electron chi connectivity index (χ3n) is 4.77. The average Bonchev–Trinajstić information content (AvgIpc) is 2.65. The van der Waals surface area contributed by atoms with Gasteiger partial charge in [0.2, 0.25) is 0 Å². The molecule has 0 aliphatic carbocycles. The van der Waals surface area contributed by atoms with Crippen molar-refractivity contribution in [2.24, 2.45) is 5.92 Å². The molecule has 0 saturated heterocycles. The van der Waals surface area contributed by atoms with Crippen molar-refractivity contribution in [2.45, 2.75) is 32.2 Å². The SMILES string of the molecule is C=C=CCC(CBr)CO[Si](c1ccccc1)(c1ccccc1)C(C)(C)C. The molecule has 0 saturated carbocycles. The third-order valence-corrected chi connectivity index (χ3v) is 10.7. The molecule has 0 bridgehead atoms. The number of benzene rings is 2. The zero-order chi connectivity index (χ0) is 19.0. The fourth-order valence-corrected chi connectivity index (χ4v) is 8.52. The van der Waals surface area contributed by atoms with Crippen LogP contribution in [0.4, 0.5) is 0 Å². The van der Waals surface area contributed by atoms with E-state index in [0.717, 1.165) is 18.4 Å². The monoisotopic (exact) mass is 428 g/mol. The van der Waals surface area contributed by atoms with Crippen LogP contribution < -0.4 is 10.4 Å². The molecule has 1 unspecified atom stereocenters. The Kier molecular flexibility index (Phi) is 7.66. The van der Waals surface area contributed by atoms with E-state index in [4.69, 9.17) is 4.43 Å². The van der Waals surface area contributed by atoms with Crippen molar-refractivity contribution < 1.29 is 4.43 Å². The topological polar surface area (TPSA) is 9.23 Å². The summed E-state index contributed by atoms with van der Waals surface area (Å²) in [5, 5.41) is 3.57. The summed E-state index contributed by atoms with van der Waals surface area (Å²) in [5.74, 6) is 0.408. The third kappa shape index (κ3) is 4.66. The quantitative estimate of drug-likeness (QED) is 0.314. The molecule has 2 aromatic rings. The second-order valence-electron chi connectivity index (χ2n) is 7.64. The lowest BCUT2D eigenvalue weighted by atomic mass is 10.1. The Morgan fingerprint density at radius 1 is 1.04 bits per heavy atom. The first-order valence-corrected chi connectivity index (χ1v) is 12.1. The Morgan fingerprint density at radius 2 is 1.54 bits per heavy atom. The molecule has 0 spiro atoms. The number of halogens is 1. The Hall–Kier alpha value is -1.38. The summed E-state index contributed by atoms with van der Waals surface area (Å²) < 4.78 is 6.96. The van der Waals surface area contributed by atoms with Gasteiger partial charge in [0, 0.05) is 11.9 Å². The van der Waals surface area contributed by atoms with Crippen molar-refractivity contribution in [1.82, 2.24) is 0 Å². The molecule has 0 radical (unpaired) electrons. The highest BCUT2D eigenvalue weighted by atomic mass is 79.9. The molecular weight excluding hydrogens is 400 g/mol. The molecule has 0 aliphatic heterocycles. The Bertz CT molecular complexity index is 675. The van der Waals surface area contributed by atoms with Crippen molar-refractivity contribution in [2.75, 3.05) is 11.9 Å². The van der Waals surface area contributed by atoms with E-state index in [-0.39, 0.29) is 5.04 Å². The zero-order valence-electron chi connectivity index (χ0n) is 16.0. The van der Waals surface area contributed by atoms with E-state index in [2.05, 4.69) is 110 Å². The molecule has 0 N–H and O–H groups in total. The van der Waals surface area contributed by atoms with Crippen LogP contribution in [0.15, 0.2) is 79.0 Å². The maximum atomic E-state index is 6.96. The van der Waals surface area contributed by atoms with Gasteiger partial charge in [-0.25, -0.2) is 0 Å². The van der Waals surface area contributed by atoms with Gasteiger partial charge >= 0.3 is 0 Å². The van der Waals surface area contributed by atoms with Crippen LogP contribution in [0.2, 0.25) is 5.04 Å². The lowest BCUT2D eigenvalue weighted by Gasteiger charge is -2.43.